The lowest BCUT2D eigenvalue weighted by molar-refractivity contribution is 0.205. The molecule has 0 unspecified atom stereocenters. The van der Waals surface area contributed by atoms with Crippen LogP contribution < -0.4 is 4.90 Å². The normalized spacial score (nSPS) is 9.67. The van der Waals surface area contributed by atoms with Crippen molar-refractivity contribution in [2.45, 2.75) is 6.92 Å². The lowest BCUT2D eigenvalue weighted by Gasteiger charge is -2.22. The summed E-state index contributed by atoms with van der Waals surface area (Å²) in [5, 5.41) is 8.68. The molecule has 0 aliphatic rings. The highest BCUT2D eigenvalue weighted by Gasteiger charge is 2.03. The lowest BCUT2D eigenvalue weighted by Crippen LogP contribution is -2.26. The van der Waals surface area contributed by atoms with E-state index in [0.717, 1.165) is 18.8 Å². The molecule has 0 N–H and O–H groups in total. The molecule has 0 spiro atoms. The predicted molar refractivity (Wildman–Crippen MR) is 60.9 cm³/mol. The van der Waals surface area contributed by atoms with Crippen LogP contribution in [0.5, 0.6) is 0 Å². The van der Waals surface area contributed by atoms with E-state index in [2.05, 4.69) is 17.9 Å². The molecule has 0 aliphatic heterocycles. The van der Waals surface area contributed by atoms with Gasteiger partial charge in [-0.15, -0.1) is 0 Å². The zero-order valence-electron chi connectivity index (χ0n) is 9.23. The molecule has 0 fully saturated rings. The van der Waals surface area contributed by atoms with Crippen LogP contribution in [0, 0.1) is 11.3 Å². The van der Waals surface area contributed by atoms with E-state index in [1.807, 2.05) is 24.3 Å². The van der Waals surface area contributed by atoms with Crippen LogP contribution in [0.3, 0.4) is 0 Å². The maximum absolute atomic E-state index is 8.68. The van der Waals surface area contributed by atoms with Crippen LogP contribution >= 0.6 is 0 Å². The van der Waals surface area contributed by atoms with Gasteiger partial charge in [-0.25, -0.2) is 0 Å². The van der Waals surface area contributed by atoms with Gasteiger partial charge in [0.15, 0.2) is 0 Å². The summed E-state index contributed by atoms with van der Waals surface area (Å²) in [7, 11) is 1.70. The molecule has 80 valence electrons. The van der Waals surface area contributed by atoms with Gasteiger partial charge in [0, 0.05) is 25.9 Å². The minimum atomic E-state index is 0.696. The summed E-state index contributed by atoms with van der Waals surface area (Å²) in [6.45, 7) is 4.63. The topological polar surface area (TPSA) is 36.3 Å². The van der Waals surface area contributed by atoms with Crippen molar-refractivity contribution in [1.82, 2.24) is 0 Å². The fourth-order valence-corrected chi connectivity index (χ4v) is 1.42. The van der Waals surface area contributed by atoms with Gasteiger partial charge in [0.2, 0.25) is 0 Å². The molecule has 3 nitrogen and oxygen atoms in total. The first-order valence-corrected chi connectivity index (χ1v) is 5.06. The summed E-state index contributed by atoms with van der Waals surface area (Å²) in [6.07, 6.45) is 0. The van der Waals surface area contributed by atoms with Gasteiger partial charge in [0.05, 0.1) is 18.2 Å². The Kier molecular flexibility index (Phi) is 4.65. The Bertz CT molecular complexity index is 326. The van der Waals surface area contributed by atoms with Gasteiger partial charge in [-0.05, 0) is 31.2 Å². The summed E-state index contributed by atoms with van der Waals surface area (Å²) < 4.78 is 5.05. The molecule has 1 rings (SSSR count). The standard InChI is InChI=1S/C12H16N2O/c1-3-14(8-9-15-2)12-6-4-11(10-13)5-7-12/h4-7H,3,8-9H2,1-2H3. The van der Waals surface area contributed by atoms with Crippen molar-refractivity contribution in [3.8, 4) is 6.07 Å². The molecule has 0 atom stereocenters. The van der Waals surface area contributed by atoms with Gasteiger partial charge in [-0.3, -0.25) is 0 Å². The van der Waals surface area contributed by atoms with E-state index in [-0.39, 0.29) is 0 Å². The molecule has 1 aromatic rings. The number of hydrogen-bond donors (Lipinski definition) is 0. The van der Waals surface area contributed by atoms with Crippen LogP contribution in [-0.4, -0.2) is 26.8 Å². The van der Waals surface area contributed by atoms with E-state index in [4.69, 9.17) is 10.00 Å². The molecule has 0 saturated carbocycles. The minimum absolute atomic E-state index is 0.696. The van der Waals surface area contributed by atoms with Gasteiger partial charge in [0.1, 0.15) is 0 Å². The fourth-order valence-electron chi connectivity index (χ4n) is 1.42. The summed E-state index contributed by atoms with van der Waals surface area (Å²) in [6, 6.07) is 9.73. The third kappa shape index (κ3) is 3.26. The van der Waals surface area contributed by atoms with Gasteiger partial charge < -0.3 is 9.64 Å². The third-order valence-electron chi connectivity index (χ3n) is 2.31. The van der Waals surface area contributed by atoms with E-state index in [9.17, 15) is 0 Å². The van der Waals surface area contributed by atoms with Gasteiger partial charge >= 0.3 is 0 Å². The van der Waals surface area contributed by atoms with Crippen LogP contribution in [0.2, 0.25) is 0 Å². The zero-order valence-corrected chi connectivity index (χ0v) is 9.23. The minimum Gasteiger partial charge on any atom is -0.383 e. The second-order valence-corrected chi connectivity index (χ2v) is 3.23. The van der Waals surface area contributed by atoms with Gasteiger partial charge in [-0.1, -0.05) is 0 Å². The third-order valence-corrected chi connectivity index (χ3v) is 2.31. The predicted octanol–water partition coefficient (Wildman–Crippen LogP) is 2.03. The molecule has 0 radical (unpaired) electrons. The van der Waals surface area contributed by atoms with Crippen molar-refractivity contribution in [2.75, 3.05) is 31.7 Å². The molecule has 1 aromatic carbocycles. The number of methoxy groups -OCH3 is 1. The number of rotatable bonds is 5. The lowest BCUT2D eigenvalue weighted by atomic mass is 10.2. The average molecular weight is 204 g/mol. The maximum Gasteiger partial charge on any atom is 0.0991 e. The Morgan fingerprint density at radius 2 is 2.00 bits per heavy atom. The van der Waals surface area contributed by atoms with Crippen molar-refractivity contribution in [3.05, 3.63) is 29.8 Å². The summed E-state index contributed by atoms with van der Waals surface area (Å²) in [4.78, 5) is 2.21. The number of benzene rings is 1. The number of anilines is 1. The number of ether oxygens (including phenoxy) is 1. The zero-order chi connectivity index (χ0) is 11.1. The van der Waals surface area contributed by atoms with Gasteiger partial charge in [-0.2, -0.15) is 5.26 Å². The molecule has 0 amide bonds. The largest absolute Gasteiger partial charge is 0.383 e. The molecule has 0 heterocycles. The number of nitrogens with zero attached hydrogens (tertiary/aromatic N) is 2. The second kappa shape index (κ2) is 6.05. The highest BCUT2D eigenvalue weighted by molar-refractivity contribution is 5.49. The van der Waals surface area contributed by atoms with Crippen LogP contribution in [-0.2, 0) is 4.74 Å². The first kappa shape index (κ1) is 11.5. The monoisotopic (exact) mass is 204 g/mol. The van der Waals surface area contributed by atoms with Crippen LogP contribution in [0.1, 0.15) is 12.5 Å². The van der Waals surface area contributed by atoms with E-state index in [1.165, 1.54) is 0 Å². The first-order chi connectivity index (χ1) is 7.31. The summed E-state index contributed by atoms with van der Waals surface area (Å²) >= 11 is 0. The average Bonchev–Trinajstić information content (AvgIpc) is 2.31. The van der Waals surface area contributed by atoms with Crippen LogP contribution in [0.4, 0.5) is 5.69 Å². The van der Waals surface area contributed by atoms with Crippen molar-refractivity contribution in [2.24, 2.45) is 0 Å². The SMILES string of the molecule is CCN(CCOC)c1ccc(C#N)cc1. The first-order valence-electron chi connectivity index (χ1n) is 5.06. The highest BCUT2D eigenvalue weighted by atomic mass is 16.5. The number of likely N-dealkylation sites (N-methyl/N-ethyl adjacent to an activating group) is 1. The molecule has 3 heteroatoms. The Labute approximate surface area is 90.9 Å². The Morgan fingerprint density at radius 3 is 2.47 bits per heavy atom. The molecule has 0 aromatic heterocycles. The van der Waals surface area contributed by atoms with Gasteiger partial charge in [0.25, 0.3) is 0 Å². The van der Waals surface area contributed by atoms with E-state index in [1.54, 1.807) is 7.11 Å². The highest BCUT2D eigenvalue weighted by Crippen LogP contribution is 2.14. The fraction of sp³-hybridized carbons (Fsp3) is 0.417. The quantitative estimate of drug-likeness (QED) is 0.736. The van der Waals surface area contributed by atoms with E-state index in [0.29, 0.717) is 12.2 Å². The molecule has 0 saturated heterocycles. The van der Waals surface area contributed by atoms with Crippen LogP contribution in [0.25, 0.3) is 0 Å². The maximum atomic E-state index is 8.68. The van der Waals surface area contributed by atoms with Crippen molar-refractivity contribution in [3.63, 3.8) is 0 Å². The molecular weight excluding hydrogens is 188 g/mol. The van der Waals surface area contributed by atoms with Crippen molar-refractivity contribution in [1.29, 1.82) is 5.26 Å². The number of nitriles is 1. The summed E-state index contributed by atoms with van der Waals surface area (Å²) in [5.41, 5.74) is 1.83. The Hall–Kier alpha value is -1.53. The van der Waals surface area contributed by atoms with E-state index >= 15 is 0 Å². The van der Waals surface area contributed by atoms with Crippen LogP contribution in [0.15, 0.2) is 24.3 Å². The van der Waals surface area contributed by atoms with Crippen molar-refractivity contribution >= 4 is 5.69 Å². The molecule has 0 aliphatic carbocycles. The van der Waals surface area contributed by atoms with E-state index < -0.39 is 0 Å². The molecule has 15 heavy (non-hydrogen) atoms. The number of hydrogen-bond acceptors (Lipinski definition) is 3. The Morgan fingerprint density at radius 1 is 1.33 bits per heavy atom. The smallest absolute Gasteiger partial charge is 0.0991 e. The summed E-state index contributed by atoms with van der Waals surface area (Å²) in [5.74, 6) is 0. The molecular formula is C12H16N2O. The van der Waals surface area contributed by atoms with Crippen molar-refractivity contribution < 1.29 is 4.74 Å². The second-order valence-electron chi connectivity index (χ2n) is 3.23. The Balaban J connectivity index is 2.70. The molecule has 0 bridgehead atoms.